The lowest BCUT2D eigenvalue weighted by Crippen LogP contribution is -2.17. The van der Waals surface area contributed by atoms with Crippen LogP contribution in [0.2, 0.25) is 0 Å². The Balaban J connectivity index is 1.90. The van der Waals surface area contributed by atoms with Crippen LogP contribution in [0.25, 0.3) is 0 Å². The summed E-state index contributed by atoms with van der Waals surface area (Å²) in [4.78, 5) is 11.8. The highest BCUT2D eigenvalue weighted by molar-refractivity contribution is 14.1. The van der Waals surface area contributed by atoms with Crippen molar-refractivity contribution < 1.29 is 13.2 Å². The molecule has 2 rings (SSSR count). The molecule has 98 valence electrons. The molecule has 0 bridgehead atoms. The van der Waals surface area contributed by atoms with E-state index in [9.17, 15) is 13.2 Å². The van der Waals surface area contributed by atoms with Crippen molar-refractivity contribution in [2.45, 2.75) is 12.8 Å². The number of halogens is 1. The first-order chi connectivity index (χ1) is 8.44. The molecule has 1 N–H and O–H groups in total. The molecule has 1 saturated heterocycles. The van der Waals surface area contributed by atoms with Gasteiger partial charge in [0.2, 0.25) is 5.91 Å². The van der Waals surface area contributed by atoms with Crippen molar-refractivity contribution in [2.75, 3.05) is 16.8 Å². The second-order valence-electron chi connectivity index (χ2n) is 4.53. The average molecular weight is 379 g/mol. The van der Waals surface area contributed by atoms with Gasteiger partial charge in [-0.05, 0) is 53.1 Å². The minimum absolute atomic E-state index is 0.0298. The SMILES string of the molecule is O=C(C[C@@H]1CCS(=O)(=O)C1)Nc1cccc(I)c1. The first kappa shape index (κ1) is 13.8. The van der Waals surface area contributed by atoms with Gasteiger partial charge in [-0.15, -0.1) is 0 Å². The number of nitrogens with one attached hydrogen (secondary N) is 1. The van der Waals surface area contributed by atoms with Crippen LogP contribution in [0.15, 0.2) is 24.3 Å². The number of anilines is 1. The van der Waals surface area contributed by atoms with E-state index in [1.807, 2.05) is 24.3 Å². The maximum absolute atomic E-state index is 11.8. The third-order valence-electron chi connectivity index (χ3n) is 2.91. The Hall–Kier alpha value is -0.630. The standard InChI is InChI=1S/C12H14INO3S/c13-10-2-1-3-11(7-10)14-12(15)6-9-4-5-18(16,17)8-9/h1-3,7,9H,4-6,8H2,(H,14,15)/t9-/m0/s1. The quantitative estimate of drug-likeness (QED) is 0.818. The van der Waals surface area contributed by atoms with E-state index in [-0.39, 0.29) is 29.8 Å². The van der Waals surface area contributed by atoms with E-state index in [0.29, 0.717) is 6.42 Å². The summed E-state index contributed by atoms with van der Waals surface area (Å²) in [6.45, 7) is 0. The Morgan fingerprint density at radius 1 is 1.44 bits per heavy atom. The second kappa shape index (κ2) is 5.56. The molecule has 0 saturated carbocycles. The van der Waals surface area contributed by atoms with E-state index >= 15 is 0 Å². The van der Waals surface area contributed by atoms with E-state index in [1.165, 1.54) is 0 Å². The lowest BCUT2D eigenvalue weighted by molar-refractivity contribution is -0.116. The average Bonchev–Trinajstić information content (AvgIpc) is 2.57. The zero-order valence-electron chi connectivity index (χ0n) is 9.73. The summed E-state index contributed by atoms with van der Waals surface area (Å²) < 4.78 is 23.6. The number of amides is 1. The van der Waals surface area contributed by atoms with Crippen LogP contribution in [-0.2, 0) is 14.6 Å². The van der Waals surface area contributed by atoms with Crippen LogP contribution in [0.4, 0.5) is 5.69 Å². The molecule has 0 aromatic heterocycles. The van der Waals surface area contributed by atoms with Crippen LogP contribution in [0.5, 0.6) is 0 Å². The summed E-state index contributed by atoms with van der Waals surface area (Å²) >= 11 is 2.18. The number of carbonyl (C=O) groups is 1. The Morgan fingerprint density at radius 3 is 2.83 bits per heavy atom. The summed E-state index contributed by atoms with van der Waals surface area (Å²) in [6, 6.07) is 7.52. The molecule has 6 heteroatoms. The molecule has 1 fully saturated rings. The molecule has 0 spiro atoms. The Bertz CT molecular complexity index is 556. The van der Waals surface area contributed by atoms with Gasteiger partial charge < -0.3 is 5.32 Å². The second-order valence-corrected chi connectivity index (χ2v) is 8.01. The Morgan fingerprint density at radius 2 is 2.22 bits per heavy atom. The lowest BCUT2D eigenvalue weighted by atomic mass is 10.1. The molecular formula is C12H14INO3S. The molecule has 1 heterocycles. The molecule has 0 radical (unpaired) electrons. The number of rotatable bonds is 3. The monoisotopic (exact) mass is 379 g/mol. The van der Waals surface area contributed by atoms with Crippen molar-refractivity contribution in [3.05, 3.63) is 27.8 Å². The van der Waals surface area contributed by atoms with Crippen LogP contribution < -0.4 is 5.32 Å². The zero-order chi connectivity index (χ0) is 13.2. The van der Waals surface area contributed by atoms with Gasteiger partial charge in [0.15, 0.2) is 9.84 Å². The lowest BCUT2D eigenvalue weighted by Gasteiger charge is -2.08. The zero-order valence-corrected chi connectivity index (χ0v) is 12.7. The predicted molar refractivity (Wildman–Crippen MR) is 79.2 cm³/mol. The van der Waals surface area contributed by atoms with E-state index < -0.39 is 9.84 Å². The molecule has 0 aliphatic carbocycles. The van der Waals surface area contributed by atoms with Crippen molar-refractivity contribution in [3.63, 3.8) is 0 Å². The van der Waals surface area contributed by atoms with Gasteiger partial charge in [0.25, 0.3) is 0 Å². The van der Waals surface area contributed by atoms with Gasteiger partial charge in [-0.2, -0.15) is 0 Å². The fraction of sp³-hybridized carbons (Fsp3) is 0.417. The minimum Gasteiger partial charge on any atom is -0.326 e. The molecular weight excluding hydrogens is 365 g/mol. The van der Waals surface area contributed by atoms with Crippen LogP contribution in [-0.4, -0.2) is 25.8 Å². The molecule has 1 aliphatic rings. The smallest absolute Gasteiger partial charge is 0.224 e. The van der Waals surface area contributed by atoms with Gasteiger partial charge in [-0.25, -0.2) is 8.42 Å². The molecule has 18 heavy (non-hydrogen) atoms. The van der Waals surface area contributed by atoms with Crippen molar-refractivity contribution in [1.82, 2.24) is 0 Å². The van der Waals surface area contributed by atoms with Gasteiger partial charge >= 0.3 is 0 Å². The van der Waals surface area contributed by atoms with E-state index in [1.54, 1.807) is 0 Å². The van der Waals surface area contributed by atoms with E-state index in [2.05, 4.69) is 27.9 Å². The van der Waals surface area contributed by atoms with Crippen molar-refractivity contribution in [3.8, 4) is 0 Å². The van der Waals surface area contributed by atoms with Gasteiger partial charge in [0, 0.05) is 15.7 Å². The van der Waals surface area contributed by atoms with E-state index in [0.717, 1.165) is 9.26 Å². The molecule has 0 unspecified atom stereocenters. The van der Waals surface area contributed by atoms with Crippen LogP contribution in [0.3, 0.4) is 0 Å². The number of benzene rings is 1. The molecule has 1 atom stereocenters. The van der Waals surface area contributed by atoms with Crippen LogP contribution >= 0.6 is 22.6 Å². The third-order valence-corrected chi connectivity index (χ3v) is 5.42. The minimum atomic E-state index is -2.90. The molecule has 1 aliphatic heterocycles. The summed E-state index contributed by atoms with van der Waals surface area (Å²) in [7, 11) is -2.90. The van der Waals surface area contributed by atoms with Gasteiger partial charge in [0.05, 0.1) is 11.5 Å². The third kappa shape index (κ3) is 3.94. The summed E-state index contributed by atoms with van der Waals surface area (Å²) in [5, 5.41) is 2.80. The molecule has 1 amide bonds. The number of carbonyl (C=O) groups excluding carboxylic acids is 1. The topological polar surface area (TPSA) is 63.2 Å². The highest BCUT2D eigenvalue weighted by Gasteiger charge is 2.29. The van der Waals surface area contributed by atoms with Gasteiger partial charge in [0.1, 0.15) is 0 Å². The fourth-order valence-electron chi connectivity index (χ4n) is 2.07. The van der Waals surface area contributed by atoms with Crippen molar-refractivity contribution in [2.24, 2.45) is 5.92 Å². The normalized spacial score (nSPS) is 21.7. The summed E-state index contributed by atoms with van der Waals surface area (Å²) in [5.41, 5.74) is 0.757. The Labute approximate surface area is 120 Å². The Kier molecular flexibility index (Phi) is 4.26. The van der Waals surface area contributed by atoms with Crippen LogP contribution in [0.1, 0.15) is 12.8 Å². The first-order valence-corrected chi connectivity index (χ1v) is 8.60. The predicted octanol–water partition coefficient (Wildman–Crippen LogP) is 2.05. The summed E-state index contributed by atoms with van der Waals surface area (Å²) in [5.74, 6) is 0.220. The largest absolute Gasteiger partial charge is 0.326 e. The number of sulfone groups is 1. The molecule has 4 nitrogen and oxygen atoms in total. The molecule has 1 aromatic rings. The molecule has 1 aromatic carbocycles. The van der Waals surface area contributed by atoms with Gasteiger partial charge in [-0.3, -0.25) is 4.79 Å². The number of hydrogen-bond donors (Lipinski definition) is 1. The highest BCUT2D eigenvalue weighted by atomic mass is 127. The number of hydrogen-bond acceptors (Lipinski definition) is 3. The highest BCUT2D eigenvalue weighted by Crippen LogP contribution is 2.22. The first-order valence-electron chi connectivity index (χ1n) is 5.70. The fourth-order valence-corrected chi connectivity index (χ4v) is 4.48. The van der Waals surface area contributed by atoms with Crippen molar-refractivity contribution in [1.29, 1.82) is 0 Å². The maximum Gasteiger partial charge on any atom is 0.224 e. The maximum atomic E-state index is 11.8. The van der Waals surface area contributed by atoms with Crippen LogP contribution in [0, 0.1) is 9.49 Å². The van der Waals surface area contributed by atoms with Gasteiger partial charge in [-0.1, -0.05) is 6.07 Å². The summed E-state index contributed by atoms with van der Waals surface area (Å²) in [6.07, 6.45) is 0.882. The van der Waals surface area contributed by atoms with E-state index in [4.69, 9.17) is 0 Å². The van der Waals surface area contributed by atoms with Crippen molar-refractivity contribution >= 4 is 44.0 Å².